The number of anilines is 2. The molecule has 232 valence electrons. The molecule has 0 radical (unpaired) electrons. The van der Waals surface area contributed by atoms with Crippen molar-refractivity contribution in [2.24, 2.45) is 0 Å². The van der Waals surface area contributed by atoms with Crippen LogP contribution in [-0.4, -0.2) is 37.0 Å². The highest BCUT2D eigenvalue weighted by molar-refractivity contribution is 9.10. The average molecular weight is 677 g/mol. The van der Waals surface area contributed by atoms with Crippen molar-refractivity contribution < 1.29 is 19.1 Å². The maximum atomic E-state index is 14.1. The third-order valence-corrected chi connectivity index (χ3v) is 9.61. The number of ether oxygens (including phenoxy) is 1. The molecule has 4 amide bonds. The topological polar surface area (TPSA) is 79.0 Å². The number of hydrogen-bond acceptors (Lipinski definition) is 5. The molecule has 3 aliphatic rings. The number of amides is 4. The first-order valence-electron chi connectivity index (χ1n) is 15.7. The second-order valence-electron chi connectivity index (χ2n) is 12.3. The zero-order valence-electron chi connectivity index (χ0n) is 25.7. The number of nitrogens with one attached hydrogen (secondary N) is 1. The SMILES string of the molecule is CC(C)Oc1ccc(/C=C2\C(=O)NC(=O)N(c3cc4c5c(c3)[C@H](c3ccccc3)CCN5CC[C@@H]4c3ccccc3)C2=O)cc1Br. The van der Waals surface area contributed by atoms with Crippen LogP contribution in [0, 0.1) is 0 Å². The largest absolute Gasteiger partial charge is 0.490 e. The minimum Gasteiger partial charge on any atom is -0.490 e. The van der Waals surface area contributed by atoms with Crippen molar-refractivity contribution >= 4 is 51.2 Å². The predicted octanol–water partition coefficient (Wildman–Crippen LogP) is 7.78. The van der Waals surface area contributed by atoms with E-state index < -0.39 is 17.8 Å². The number of benzene rings is 4. The zero-order valence-corrected chi connectivity index (χ0v) is 27.3. The third-order valence-electron chi connectivity index (χ3n) is 8.99. The van der Waals surface area contributed by atoms with Gasteiger partial charge >= 0.3 is 6.03 Å². The molecule has 7 rings (SSSR count). The Kier molecular flexibility index (Phi) is 7.99. The quantitative estimate of drug-likeness (QED) is 0.167. The summed E-state index contributed by atoms with van der Waals surface area (Å²) in [6, 6.07) is 29.4. The molecule has 4 aromatic carbocycles. The molecule has 0 spiro atoms. The van der Waals surface area contributed by atoms with Crippen molar-refractivity contribution in [1.29, 1.82) is 0 Å². The normalized spacial score (nSPS) is 20.2. The Labute approximate surface area is 277 Å². The van der Waals surface area contributed by atoms with Gasteiger partial charge in [0.15, 0.2) is 0 Å². The first-order valence-corrected chi connectivity index (χ1v) is 16.5. The Hall–Kier alpha value is -4.69. The first-order chi connectivity index (χ1) is 22.3. The van der Waals surface area contributed by atoms with Crippen LogP contribution < -0.4 is 19.9 Å². The van der Waals surface area contributed by atoms with Crippen LogP contribution in [0.15, 0.2) is 101 Å². The van der Waals surface area contributed by atoms with Gasteiger partial charge in [-0.25, -0.2) is 9.69 Å². The fraction of sp³-hybridized carbons (Fsp3) is 0.237. The predicted molar refractivity (Wildman–Crippen MR) is 183 cm³/mol. The number of imide groups is 2. The molecule has 3 heterocycles. The molecule has 0 saturated carbocycles. The van der Waals surface area contributed by atoms with Gasteiger partial charge in [0, 0.05) is 30.6 Å². The summed E-state index contributed by atoms with van der Waals surface area (Å²) in [5, 5.41) is 2.42. The zero-order chi connectivity index (χ0) is 31.9. The molecule has 7 nitrogen and oxygen atoms in total. The number of hydrogen-bond donors (Lipinski definition) is 1. The van der Waals surface area contributed by atoms with E-state index in [1.165, 1.54) is 22.9 Å². The molecule has 8 heteroatoms. The van der Waals surface area contributed by atoms with Crippen LogP contribution in [0.2, 0.25) is 0 Å². The maximum Gasteiger partial charge on any atom is 0.335 e. The minimum atomic E-state index is -0.753. The van der Waals surface area contributed by atoms with Gasteiger partial charge in [0.2, 0.25) is 0 Å². The summed E-state index contributed by atoms with van der Waals surface area (Å²) in [4.78, 5) is 44.3. The van der Waals surface area contributed by atoms with Gasteiger partial charge in [-0.3, -0.25) is 14.9 Å². The number of rotatable bonds is 6. The van der Waals surface area contributed by atoms with Crippen molar-refractivity contribution in [1.82, 2.24) is 5.32 Å². The highest BCUT2D eigenvalue weighted by Crippen LogP contribution is 2.50. The molecular formula is C38H34BrN3O4. The van der Waals surface area contributed by atoms with Crippen molar-refractivity contribution in [3.05, 3.63) is 129 Å². The lowest BCUT2D eigenvalue weighted by molar-refractivity contribution is -0.122. The Morgan fingerprint density at radius 1 is 0.826 bits per heavy atom. The Morgan fingerprint density at radius 2 is 1.41 bits per heavy atom. The molecule has 0 bridgehead atoms. The van der Waals surface area contributed by atoms with Gasteiger partial charge in [-0.1, -0.05) is 66.7 Å². The molecule has 0 aliphatic carbocycles. The monoisotopic (exact) mass is 675 g/mol. The van der Waals surface area contributed by atoms with E-state index in [9.17, 15) is 14.4 Å². The van der Waals surface area contributed by atoms with Crippen molar-refractivity contribution in [3.63, 3.8) is 0 Å². The molecule has 3 aliphatic heterocycles. The summed E-state index contributed by atoms with van der Waals surface area (Å²) in [6.45, 7) is 5.74. The summed E-state index contributed by atoms with van der Waals surface area (Å²) < 4.78 is 6.51. The van der Waals surface area contributed by atoms with Crippen molar-refractivity contribution in [2.75, 3.05) is 22.9 Å². The second kappa shape index (κ2) is 12.2. The molecule has 46 heavy (non-hydrogen) atoms. The molecule has 1 saturated heterocycles. The van der Waals surface area contributed by atoms with Gasteiger partial charge in [-0.15, -0.1) is 0 Å². The lowest BCUT2D eigenvalue weighted by Crippen LogP contribution is -2.54. The summed E-state index contributed by atoms with van der Waals surface area (Å²) in [7, 11) is 0. The first kappa shape index (κ1) is 30.0. The number of carbonyl (C=O) groups excluding carboxylic acids is 3. The van der Waals surface area contributed by atoms with Gasteiger partial charge in [0.05, 0.1) is 16.3 Å². The molecule has 0 unspecified atom stereocenters. The van der Waals surface area contributed by atoms with E-state index in [0.29, 0.717) is 21.5 Å². The summed E-state index contributed by atoms with van der Waals surface area (Å²) in [6.07, 6.45) is 3.35. The summed E-state index contributed by atoms with van der Waals surface area (Å²) >= 11 is 3.53. The van der Waals surface area contributed by atoms with Crippen molar-refractivity contribution in [2.45, 2.75) is 44.6 Å². The maximum absolute atomic E-state index is 14.1. The number of nitrogens with zero attached hydrogens (tertiary/aromatic N) is 2. The number of halogens is 1. The van der Waals surface area contributed by atoms with Gasteiger partial charge < -0.3 is 9.64 Å². The van der Waals surface area contributed by atoms with Crippen LogP contribution in [0.3, 0.4) is 0 Å². The third kappa shape index (κ3) is 5.51. The van der Waals surface area contributed by atoms with Gasteiger partial charge in [-0.05, 0) is 101 Å². The molecule has 4 aromatic rings. The van der Waals surface area contributed by atoms with E-state index in [1.807, 2.05) is 38.1 Å². The van der Waals surface area contributed by atoms with Crippen LogP contribution in [0.25, 0.3) is 6.08 Å². The van der Waals surface area contributed by atoms with Gasteiger partial charge in [0.25, 0.3) is 11.8 Å². The molecule has 0 aromatic heterocycles. The Bertz CT molecular complexity index is 1800. The number of barbiturate groups is 1. The standard InChI is InChI=1S/C38H34BrN3O4/c1-23(2)46-34-14-13-24(20-33(34)39)19-32-36(43)40-38(45)42(37(32)44)27-21-30-28(25-9-5-3-6-10-25)15-17-41-18-16-29(31(22-27)35(30)41)26-11-7-4-8-12-26/h3-14,19-23,28-29H,15-18H2,1-2H3,(H,40,43,45)/b32-19+/t28-,29+. The lowest BCUT2D eigenvalue weighted by atomic mass is 9.76. The highest BCUT2D eigenvalue weighted by atomic mass is 79.9. The Balaban J connectivity index is 1.35. The molecule has 1 N–H and O–H groups in total. The van der Waals surface area contributed by atoms with Gasteiger partial charge in [0.1, 0.15) is 11.3 Å². The van der Waals surface area contributed by atoms with E-state index >= 15 is 0 Å². The fourth-order valence-electron chi connectivity index (χ4n) is 6.98. The average Bonchev–Trinajstić information content (AvgIpc) is 3.05. The van der Waals surface area contributed by atoms with E-state index in [2.05, 4.69) is 74.7 Å². The number of urea groups is 1. The van der Waals surface area contributed by atoms with Crippen LogP contribution in [0.1, 0.15) is 66.3 Å². The molecular weight excluding hydrogens is 642 g/mol. The Morgan fingerprint density at radius 3 is 1.96 bits per heavy atom. The molecule has 1 fully saturated rings. The summed E-state index contributed by atoms with van der Waals surface area (Å²) in [5.74, 6) is -0.519. The second-order valence-corrected chi connectivity index (χ2v) is 13.1. The highest BCUT2D eigenvalue weighted by Gasteiger charge is 2.40. The van der Waals surface area contributed by atoms with Crippen LogP contribution in [-0.2, 0) is 9.59 Å². The van der Waals surface area contributed by atoms with Crippen molar-refractivity contribution in [3.8, 4) is 5.75 Å². The van der Waals surface area contributed by atoms with Gasteiger partial charge in [-0.2, -0.15) is 0 Å². The number of carbonyl (C=O) groups is 3. The van der Waals surface area contributed by atoms with Crippen LogP contribution in [0.5, 0.6) is 5.75 Å². The summed E-state index contributed by atoms with van der Waals surface area (Å²) in [5.41, 5.74) is 6.75. The van der Waals surface area contributed by atoms with Crippen LogP contribution in [0.4, 0.5) is 16.2 Å². The van der Waals surface area contributed by atoms with E-state index in [4.69, 9.17) is 4.74 Å². The fourth-order valence-corrected chi connectivity index (χ4v) is 7.47. The minimum absolute atomic E-state index is 0.0114. The van der Waals surface area contributed by atoms with E-state index in [-0.39, 0.29) is 23.5 Å². The lowest BCUT2D eigenvalue weighted by Gasteiger charge is -2.44. The van der Waals surface area contributed by atoms with E-state index in [1.54, 1.807) is 18.2 Å². The smallest absolute Gasteiger partial charge is 0.335 e. The molecule has 2 atom stereocenters. The van der Waals surface area contributed by atoms with Crippen LogP contribution >= 0.6 is 15.9 Å². The van der Waals surface area contributed by atoms with E-state index in [0.717, 1.165) is 42.0 Å².